The molecule has 0 aliphatic carbocycles. The molecule has 8 aromatic rings. The number of pyridine rings is 4. The Morgan fingerprint density at radius 2 is 0.433 bits per heavy atom. The summed E-state index contributed by atoms with van der Waals surface area (Å²) in [5.74, 6) is -6.98. The van der Waals surface area contributed by atoms with E-state index in [1.54, 1.807) is 0 Å². The molecule has 32 nitrogen and oxygen atoms in total. The first kappa shape index (κ1) is 112. The number of nitrogens with zero attached hydrogens (tertiary/aromatic N) is 16. The standard InChI is InChI=1S/C109H140N16O16/c1-9-13-17-21-25-29-33-37-41-53-65-122-97(126)85(69-110)77(5)93(101(122)130)118-114-89-61-49-45-57-81(89)105(134)138-73-109(74-139-106(135)82-58-46-50-62-90(82)115-119-94-78(6)86(70-111)98(127)123(102(94)131)66-54-42-38-34-30-26-22-18-14-10-2,75-140-107(136)83-59-47-51-63-91(83)116-120-95-79(7)87(71-112)99(128)124(103(95)132)67-55-43-39-35-31-27-23-19-15-11-3)76-141-108(137)84-60-48-52-64-92(84)117-121-96-80(8)88(72-113)100(129)125(104(96)133)68-56-44-40-36-32-28-24-20-16-12-4/h45-52,57-64,130-133H,9-44,53-56,65-68,73-76H2,1-8H3. The van der Waals surface area contributed by atoms with Crippen molar-refractivity contribution in [1.29, 1.82) is 21.0 Å². The lowest BCUT2D eigenvalue weighted by molar-refractivity contribution is -0.0641. The van der Waals surface area contributed by atoms with Gasteiger partial charge in [0.1, 0.15) is 101 Å². The average molecular weight is 1930 g/mol. The maximum Gasteiger partial charge on any atom is 0.340 e. The number of unbranched alkanes of at least 4 members (excludes halogenated alkanes) is 36. The maximum atomic E-state index is 15.3. The Kier molecular flexibility index (Phi) is 48.5. The Balaban J connectivity index is 1.21. The Labute approximate surface area is 827 Å². The minimum absolute atomic E-state index is 0.00199. The molecular formula is C109H140N16O16. The molecular weight excluding hydrogens is 1790 g/mol. The molecule has 0 fully saturated rings. The Hall–Kier alpha value is -13.9. The van der Waals surface area contributed by atoms with E-state index in [4.69, 9.17) is 18.9 Å². The zero-order valence-electron chi connectivity index (χ0n) is 83.5. The third-order valence-electron chi connectivity index (χ3n) is 25.6. The Morgan fingerprint density at radius 1 is 0.270 bits per heavy atom. The van der Waals surface area contributed by atoms with Gasteiger partial charge in [-0.15, -0.1) is 40.9 Å². The SMILES string of the molecule is CCCCCCCCCCCCn1c(O)c(N=Nc2ccccc2C(=O)OCC(COC(=O)c2ccccc2N=Nc2c(C)c(C#N)c(=O)n(CCCCCCCCCCCC)c2O)(COC(=O)c2ccccc2N=Nc2c(C)c(C#N)c(=O)n(CCCCCCCCCCCC)c2O)COC(=O)c2ccccc2N=Nc2c(C)c(C#N)c(=O)n(CCCCCCCCCCCC)c2O)c(C)c(C#N)c1=O. The number of rotatable bonds is 64. The molecule has 0 aliphatic rings. The third-order valence-corrected chi connectivity index (χ3v) is 25.6. The maximum absolute atomic E-state index is 15.3. The number of azo groups is 4. The van der Waals surface area contributed by atoms with E-state index in [9.17, 15) is 60.7 Å². The van der Waals surface area contributed by atoms with Crippen LogP contribution in [0.3, 0.4) is 0 Å². The summed E-state index contributed by atoms with van der Waals surface area (Å²) in [4.78, 5) is 116. The average Bonchev–Trinajstić information content (AvgIpc) is 0.794. The van der Waals surface area contributed by atoms with Crippen molar-refractivity contribution in [2.24, 2.45) is 46.3 Å². The molecule has 752 valence electrons. The van der Waals surface area contributed by atoms with E-state index in [1.165, 1.54) is 176 Å². The van der Waals surface area contributed by atoms with Crippen LogP contribution in [0.4, 0.5) is 45.5 Å². The van der Waals surface area contributed by atoms with Gasteiger partial charge in [0.15, 0.2) is 22.7 Å². The summed E-state index contributed by atoms with van der Waals surface area (Å²) >= 11 is 0. The summed E-state index contributed by atoms with van der Waals surface area (Å²) in [6.45, 7) is 10.6. The highest BCUT2D eigenvalue weighted by Crippen LogP contribution is 2.40. The second kappa shape index (κ2) is 60.9. The fraction of sp³-hybridized carbons (Fsp3) is 0.523. The second-order valence-corrected chi connectivity index (χ2v) is 36.4. The molecule has 0 aliphatic heterocycles. The van der Waals surface area contributed by atoms with Crippen molar-refractivity contribution in [3.63, 3.8) is 0 Å². The Morgan fingerprint density at radius 3 is 0.603 bits per heavy atom. The van der Waals surface area contributed by atoms with Crippen LogP contribution in [0, 0.1) is 78.4 Å². The Bertz CT molecular complexity index is 5350. The van der Waals surface area contributed by atoms with Crippen LogP contribution in [0.15, 0.2) is 157 Å². The summed E-state index contributed by atoms with van der Waals surface area (Å²) < 4.78 is 29.3. The number of hydrogen-bond acceptors (Lipinski definition) is 28. The van der Waals surface area contributed by atoms with Crippen molar-refractivity contribution in [3.05, 3.63) is 205 Å². The smallest absolute Gasteiger partial charge is 0.340 e. The summed E-state index contributed by atoms with van der Waals surface area (Å²) in [6, 6.07) is 30.6. The van der Waals surface area contributed by atoms with E-state index >= 15 is 19.2 Å². The summed E-state index contributed by atoms with van der Waals surface area (Å²) in [6.07, 6.45) is 40.0. The van der Waals surface area contributed by atoms with Crippen LogP contribution in [0.5, 0.6) is 23.5 Å². The summed E-state index contributed by atoms with van der Waals surface area (Å²) in [5.41, 5.74) is -9.22. The van der Waals surface area contributed by atoms with E-state index in [0.29, 0.717) is 25.7 Å². The molecule has 4 aromatic heterocycles. The lowest BCUT2D eigenvalue weighted by atomic mass is 9.91. The molecule has 4 aromatic carbocycles. The molecule has 0 unspecified atom stereocenters. The lowest BCUT2D eigenvalue weighted by Crippen LogP contribution is -2.44. The quantitative estimate of drug-likeness (QED) is 0.0119. The van der Waals surface area contributed by atoms with E-state index in [2.05, 4.69) is 68.6 Å². The fourth-order valence-corrected chi connectivity index (χ4v) is 16.9. The van der Waals surface area contributed by atoms with E-state index in [-0.39, 0.29) is 138 Å². The highest BCUT2D eigenvalue weighted by Gasteiger charge is 2.40. The van der Waals surface area contributed by atoms with Crippen LogP contribution >= 0.6 is 0 Å². The predicted molar refractivity (Wildman–Crippen MR) is 541 cm³/mol. The first-order valence-corrected chi connectivity index (χ1v) is 50.6. The van der Waals surface area contributed by atoms with Gasteiger partial charge in [-0.3, -0.25) is 37.4 Å². The summed E-state index contributed by atoms with van der Waals surface area (Å²) in [5, 5.41) is 124. The van der Waals surface area contributed by atoms with Crippen LogP contribution in [-0.4, -0.2) is 89.0 Å². The van der Waals surface area contributed by atoms with Crippen molar-refractivity contribution in [2.45, 2.75) is 338 Å². The molecule has 0 radical (unpaired) electrons. The summed E-state index contributed by atoms with van der Waals surface area (Å²) in [7, 11) is 0. The third kappa shape index (κ3) is 33.1. The van der Waals surface area contributed by atoms with Crippen molar-refractivity contribution >= 4 is 69.4 Å². The van der Waals surface area contributed by atoms with Gasteiger partial charge in [-0.25, -0.2) is 19.2 Å². The number of aromatic nitrogens is 4. The van der Waals surface area contributed by atoms with Gasteiger partial charge in [0.25, 0.3) is 22.2 Å². The predicted octanol–water partition coefficient (Wildman–Crippen LogP) is 26.9. The van der Waals surface area contributed by atoms with Crippen LogP contribution in [0.25, 0.3) is 0 Å². The van der Waals surface area contributed by atoms with Gasteiger partial charge in [-0.05, 0) is 102 Å². The fourth-order valence-electron chi connectivity index (χ4n) is 16.9. The highest BCUT2D eigenvalue weighted by atomic mass is 16.6. The van der Waals surface area contributed by atoms with Crippen molar-refractivity contribution < 1.29 is 58.6 Å². The van der Waals surface area contributed by atoms with Crippen LogP contribution in [0.1, 0.15) is 370 Å². The molecule has 0 spiro atoms. The van der Waals surface area contributed by atoms with Crippen molar-refractivity contribution in [3.8, 4) is 47.8 Å². The molecule has 0 bridgehead atoms. The molecule has 0 amide bonds. The molecule has 4 N–H and O–H groups in total. The minimum Gasteiger partial charge on any atom is -0.493 e. The van der Waals surface area contributed by atoms with Gasteiger partial charge in [0, 0.05) is 48.4 Å². The van der Waals surface area contributed by atoms with Gasteiger partial charge >= 0.3 is 23.9 Å². The zero-order valence-corrected chi connectivity index (χ0v) is 83.5. The number of hydrogen-bond donors (Lipinski definition) is 4. The number of esters is 4. The molecule has 0 saturated heterocycles. The number of carbonyl (C=O) groups is 4. The van der Waals surface area contributed by atoms with E-state index in [0.717, 1.165) is 198 Å². The van der Waals surface area contributed by atoms with Crippen LogP contribution in [0.2, 0.25) is 0 Å². The largest absolute Gasteiger partial charge is 0.493 e. The van der Waals surface area contributed by atoms with Crippen LogP contribution < -0.4 is 22.2 Å². The number of benzene rings is 4. The number of aromatic hydroxyl groups is 4. The van der Waals surface area contributed by atoms with E-state index in [1.807, 2.05) is 24.3 Å². The molecule has 0 saturated carbocycles. The molecule has 32 heteroatoms. The van der Waals surface area contributed by atoms with Gasteiger partial charge in [-0.1, -0.05) is 307 Å². The number of carbonyl (C=O) groups excluding carboxylic acids is 4. The lowest BCUT2D eigenvalue weighted by Gasteiger charge is -2.31. The first-order valence-electron chi connectivity index (χ1n) is 50.6. The topological polar surface area (TPSA) is 468 Å². The number of nitriles is 4. The van der Waals surface area contributed by atoms with Gasteiger partial charge in [0.05, 0.1) is 22.3 Å². The second-order valence-electron chi connectivity index (χ2n) is 36.4. The molecule has 8 rings (SSSR count). The van der Waals surface area contributed by atoms with E-state index < -0.39 is 101 Å². The zero-order chi connectivity index (χ0) is 102. The van der Waals surface area contributed by atoms with Crippen molar-refractivity contribution in [2.75, 3.05) is 26.4 Å². The van der Waals surface area contributed by atoms with Gasteiger partial charge in [0.2, 0.25) is 23.5 Å². The first-order chi connectivity index (χ1) is 68.4. The molecule has 141 heavy (non-hydrogen) atoms. The monoisotopic (exact) mass is 1930 g/mol. The number of ether oxygens (including phenoxy) is 4. The van der Waals surface area contributed by atoms with Gasteiger partial charge < -0.3 is 39.4 Å². The van der Waals surface area contributed by atoms with Gasteiger partial charge in [-0.2, -0.15) is 21.0 Å². The molecule has 4 heterocycles. The molecule has 0 atom stereocenters. The normalized spacial score (nSPS) is 11.9. The minimum atomic E-state index is -2.26. The van der Waals surface area contributed by atoms with Crippen molar-refractivity contribution in [1.82, 2.24) is 18.3 Å². The highest BCUT2D eigenvalue weighted by molar-refractivity contribution is 5.97. The van der Waals surface area contributed by atoms with Crippen LogP contribution in [-0.2, 0) is 45.1 Å².